The summed E-state index contributed by atoms with van der Waals surface area (Å²) in [5, 5.41) is 0.893. The maximum absolute atomic E-state index is 13.7. The molecule has 2 aliphatic carbocycles. The lowest BCUT2D eigenvalue weighted by Crippen LogP contribution is -2.41. The predicted octanol–water partition coefficient (Wildman–Crippen LogP) is 7.74. The van der Waals surface area contributed by atoms with Gasteiger partial charge in [0.1, 0.15) is 12.4 Å². The van der Waals surface area contributed by atoms with Gasteiger partial charge in [-0.2, -0.15) is 0 Å². The zero-order chi connectivity index (χ0) is 26.3. The van der Waals surface area contributed by atoms with E-state index in [2.05, 4.69) is 0 Å². The molecule has 0 atom stereocenters. The molecule has 1 heterocycles. The number of halogens is 1. The molecule has 1 amide bonds. The van der Waals surface area contributed by atoms with Crippen molar-refractivity contribution in [2.45, 2.75) is 89.8 Å². The second-order valence-electron chi connectivity index (χ2n) is 10.3. The first-order valence-corrected chi connectivity index (χ1v) is 14.9. The van der Waals surface area contributed by atoms with E-state index in [0.717, 1.165) is 42.0 Å². The molecule has 202 valence electrons. The number of benzene rings is 2. The average molecular weight is 537 g/mol. The van der Waals surface area contributed by atoms with Gasteiger partial charge in [0.05, 0.1) is 17.6 Å². The minimum Gasteiger partial charge on any atom is -0.490 e. The number of ether oxygens (including phenoxy) is 2. The third-order valence-electron chi connectivity index (χ3n) is 7.52. The summed E-state index contributed by atoms with van der Waals surface area (Å²) >= 11 is 1.53. The summed E-state index contributed by atoms with van der Waals surface area (Å²) in [5.74, 6) is 1.05. The van der Waals surface area contributed by atoms with Crippen LogP contribution >= 0.6 is 11.8 Å². The first kappa shape index (κ1) is 26.8. The normalized spacial score (nSPS) is 21.4. The first-order chi connectivity index (χ1) is 18.6. The molecule has 2 aromatic rings. The third-order valence-corrected chi connectivity index (χ3v) is 8.51. The second kappa shape index (κ2) is 12.8. The van der Waals surface area contributed by atoms with Gasteiger partial charge < -0.3 is 9.47 Å². The Kier molecular flexibility index (Phi) is 9.05. The molecule has 7 heteroatoms. The van der Waals surface area contributed by atoms with Crippen LogP contribution in [0.15, 0.2) is 52.4 Å². The maximum Gasteiger partial charge on any atom is 0.266 e. The Morgan fingerprint density at radius 3 is 2.37 bits per heavy atom. The lowest BCUT2D eigenvalue weighted by atomic mass is 9.94. The van der Waals surface area contributed by atoms with Crippen LogP contribution in [-0.2, 0) is 11.4 Å². The van der Waals surface area contributed by atoms with Crippen molar-refractivity contribution in [3.05, 3.63) is 64.3 Å². The maximum atomic E-state index is 13.7. The van der Waals surface area contributed by atoms with Crippen LogP contribution in [0.25, 0.3) is 6.08 Å². The van der Waals surface area contributed by atoms with Gasteiger partial charge in [-0.05, 0) is 85.8 Å². The summed E-state index contributed by atoms with van der Waals surface area (Å²) in [6, 6.07) is 12.6. The highest BCUT2D eigenvalue weighted by Gasteiger charge is 2.39. The highest BCUT2D eigenvalue weighted by atomic mass is 32.2. The van der Waals surface area contributed by atoms with Crippen molar-refractivity contribution >= 4 is 28.9 Å². The van der Waals surface area contributed by atoms with Crippen molar-refractivity contribution in [3.63, 3.8) is 0 Å². The number of nitrogens with zero attached hydrogens (tertiary/aromatic N) is 2. The summed E-state index contributed by atoms with van der Waals surface area (Å²) in [5.41, 5.74) is 1.77. The van der Waals surface area contributed by atoms with Crippen molar-refractivity contribution in [3.8, 4) is 11.5 Å². The van der Waals surface area contributed by atoms with Gasteiger partial charge in [-0.25, -0.2) is 4.39 Å². The monoisotopic (exact) mass is 536 g/mol. The van der Waals surface area contributed by atoms with Gasteiger partial charge in [0.15, 0.2) is 16.7 Å². The SMILES string of the molecule is CCOc1cc(C=C2SC(=NC3CCCCC3)N(C3CCCCC3)C2=O)ccc1OCc1ccc(F)cc1. The van der Waals surface area contributed by atoms with Crippen molar-refractivity contribution in [1.29, 1.82) is 0 Å². The first-order valence-electron chi connectivity index (χ1n) is 14.1. The molecule has 3 fully saturated rings. The fourth-order valence-corrected chi connectivity index (χ4v) is 6.61. The van der Waals surface area contributed by atoms with Crippen molar-refractivity contribution in [2.75, 3.05) is 6.61 Å². The Bertz CT molecular complexity index is 1170. The minimum absolute atomic E-state index is 0.0751. The van der Waals surface area contributed by atoms with E-state index in [0.29, 0.717) is 35.7 Å². The summed E-state index contributed by atoms with van der Waals surface area (Å²) in [4.78, 5) is 21.5. The molecule has 0 unspecified atom stereocenters. The Morgan fingerprint density at radius 2 is 1.66 bits per heavy atom. The summed E-state index contributed by atoms with van der Waals surface area (Å²) < 4.78 is 25.1. The second-order valence-corrected chi connectivity index (χ2v) is 11.3. The number of amidine groups is 1. The van der Waals surface area contributed by atoms with Crippen molar-refractivity contribution in [1.82, 2.24) is 4.90 Å². The number of hydrogen-bond acceptors (Lipinski definition) is 5. The molecule has 5 nitrogen and oxygen atoms in total. The number of aliphatic imine (C=N–C) groups is 1. The lowest BCUT2D eigenvalue weighted by Gasteiger charge is -2.31. The van der Waals surface area contributed by atoms with Crippen molar-refractivity contribution in [2.24, 2.45) is 4.99 Å². The molecule has 0 spiro atoms. The van der Waals surface area contributed by atoms with Crippen LogP contribution in [0, 0.1) is 5.82 Å². The van der Waals surface area contributed by atoms with E-state index in [1.807, 2.05) is 36.1 Å². The van der Waals surface area contributed by atoms with Gasteiger partial charge in [-0.1, -0.05) is 56.7 Å². The number of thioether (sulfide) groups is 1. The van der Waals surface area contributed by atoms with Crippen LogP contribution in [-0.4, -0.2) is 34.7 Å². The molecule has 0 N–H and O–H groups in total. The van der Waals surface area contributed by atoms with Gasteiger partial charge in [0, 0.05) is 6.04 Å². The van der Waals surface area contributed by atoms with Crippen molar-refractivity contribution < 1.29 is 18.7 Å². The smallest absolute Gasteiger partial charge is 0.266 e. The highest BCUT2D eigenvalue weighted by molar-refractivity contribution is 8.18. The molecule has 1 saturated heterocycles. The zero-order valence-electron chi connectivity index (χ0n) is 22.2. The largest absolute Gasteiger partial charge is 0.490 e. The van der Waals surface area contributed by atoms with E-state index < -0.39 is 0 Å². The topological polar surface area (TPSA) is 51.1 Å². The van der Waals surface area contributed by atoms with E-state index in [-0.39, 0.29) is 17.8 Å². The molecule has 3 aliphatic rings. The minimum atomic E-state index is -0.269. The Balaban J connectivity index is 1.37. The third kappa shape index (κ3) is 6.60. The summed E-state index contributed by atoms with van der Waals surface area (Å²) in [6.07, 6.45) is 13.6. The van der Waals surface area contributed by atoms with E-state index >= 15 is 0 Å². The Labute approximate surface area is 229 Å². The van der Waals surface area contributed by atoms with E-state index in [1.165, 1.54) is 62.4 Å². The van der Waals surface area contributed by atoms with Gasteiger partial charge in [0.25, 0.3) is 5.91 Å². The summed E-state index contributed by atoms with van der Waals surface area (Å²) in [7, 11) is 0. The molecular formula is C31H37FN2O3S. The molecule has 38 heavy (non-hydrogen) atoms. The molecular weight excluding hydrogens is 499 g/mol. The standard InChI is InChI=1S/C31H37FN2O3S/c1-2-36-28-19-23(15-18-27(28)37-21-22-13-16-24(32)17-14-22)20-29-30(35)34(26-11-7-4-8-12-26)31(38-29)33-25-9-5-3-6-10-25/h13-20,25-26H,2-12,21H2,1H3. The Hall–Kier alpha value is -2.80. The number of amides is 1. The van der Waals surface area contributed by atoms with Crippen LogP contribution in [0.1, 0.15) is 82.3 Å². The number of carbonyl (C=O) groups excluding carboxylic acids is 1. The predicted molar refractivity (Wildman–Crippen MR) is 152 cm³/mol. The van der Waals surface area contributed by atoms with Crippen LogP contribution in [0.3, 0.4) is 0 Å². The molecule has 2 saturated carbocycles. The van der Waals surface area contributed by atoms with Crippen LogP contribution in [0.4, 0.5) is 4.39 Å². The lowest BCUT2D eigenvalue weighted by molar-refractivity contribution is -0.124. The van der Waals surface area contributed by atoms with Gasteiger partial charge >= 0.3 is 0 Å². The quantitative estimate of drug-likeness (QED) is 0.324. The van der Waals surface area contributed by atoms with Gasteiger partial charge in [-0.15, -0.1) is 0 Å². The van der Waals surface area contributed by atoms with Crippen LogP contribution in [0.2, 0.25) is 0 Å². The molecule has 1 aliphatic heterocycles. The number of rotatable bonds is 8. The zero-order valence-corrected chi connectivity index (χ0v) is 23.0. The summed E-state index contributed by atoms with van der Waals surface area (Å²) in [6.45, 7) is 2.74. The molecule has 5 rings (SSSR count). The molecule has 0 bridgehead atoms. The average Bonchev–Trinajstić information content (AvgIpc) is 3.24. The van der Waals surface area contributed by atoms with E-state index in [9.17, 15) is 9.18 Å². The highest BCUT2D eigenvalue weighted by Crippen LogP contribution is 2.39. The molecule has 2 aromatic carbocycles. The molecule has 0 radical (unpaired) electrons. The number of hydrogen-bond donors (Lipinski definition) is 0. The van der Waals surface area contributed by atoms with E-state index in [1.54, 1.807) is 12.1 Å². The Morgan fingerprint density at radius 1 is 0.947 bits per heavy atom. The van der Waals surface area contributed by atoms with Gasteiger partial charge in [0.2, 0.25) is 0 Å². The van der Waals surface area contributed by atoms with Crippen LogP contribution in [0.5, 0.6) is 11.5 Å². The van der Waals surface area contributed by atoms with Crippen LogP contribution < -0.4 is 9.47 Å². The van der Waals surface area contributed by atoms with E-state index in [4.69, 9.17) is 14.5 Å². The molecule has 0 aromatic heterocycles. The number of carbonyl (C=O) groups is 1. The van der Waals surface area contributed by atoms with Gasteiger partial charge in [-0.3, -0.25) is 14.7 Å². The fraction of sp³-hybridized carbons (Fsp3) is 0.484. The fourth-order valence-electron chi connectivity index (χ4n) is 5.50.